The van der Waals surface area contributed by atoms with Crippen molar-refractivity contribution in [2.45, 2.75) is 38.0 Å². The zero-order chi connectivity index (χ0) is 19.9. The van der Waals surface area contributed by atoms with Crippen molar-refractivity contribution >= 4 is 23.0 Å². The van der Waals surface area contributed by atoms with E-state index in [4.69, 9.17) is 9.97 Å². The number of carbonyl (C=O) groups is 2. The van der Waals surface area contributed by atoms with E-state index in [9.17, 15) is 19.8 Å². The van der Waals surface area contributed by atoms with Gasteiger partial charge in [-0.3, -0.25) is 9.59 Å². The number of hydrogen-bond donors (Lipinski definition) is 2. The van der Waals surface area contributed by atoms with Gasteiger partial charge in [-0.2, -0.15) is 0 Å². The number of rotatable bonds is 6. The molecule has 0 aliphatic heterocycles. The minimum Gasteiger partial charge on any atom is -0.481 e. The van der Waals surface area contributed by atoms with Gasteiger partial charge in [0, 0.05) is 23.8 Å². The number of carboxylic acids is 2. The summed E-state index contributed by atoms with van der Waals surface area (Å²) in [6, 6.07) is 13.5. The fraction of sp³-hybridized carbons (Fsp3) is 0.273. The highest BCUT2D eigenvalue weighted by molar-refractivity contribution is 5.86. The van der Waals surface area contributed by atoms with E-state index in [-0.39, 0.29) is 25.7 Å². The Labute approximate surface area is 161 Å². The van der Waals surface area contributed by atoms with E-state index in [0.717, 1.165) is 33.4 Å². The van der Waals surface area contributed by atoms with Gasteiger partial charge in [-0.05, 0) is 37.0 Å². The van der Waals surface area contributed by atoms with E-state index in [1.54, 1.807) is 0 Å². The van der Waals surface area contributed by atoms with Gasteiger partial charge in [0.05, 0.1) is 22.4 Å². The van der Waals surface area contributed by atoms with Gasteiger partial charge >= 0.3 is 11.9 Å². The minimum atomic E-state index is -0.912. The number of fused-ring (bicyclic) bond motifs is 4. The Morgan fingerprint density at radius 2 is 1.61 bits per heavy atom. The molecule has 1 aliphatic carbocycles. The van der Waals surface area contributed by atoms with Crippen molar-refractivity contribution in [2.75, 3.05) is 0 Å². The minimum absolute atomic E-state index is 0.0686. The number of aromatic nitrogens is 2. The van der Waals surface area contributed by atoms with Crippen LogP contribution in [0.25, 0.3) is 22.3 Å². The summed E-state index contributed by atoms with van der Waals surface area (Å²) in [4.78, 5) is 32.5. The van der Waals surface area contributed by atoms with Crippen LogP contribution in [0.4, 0.5) is 0 Å². The quantitative estimate of drug-likeness (QED) is 0.676. The van der Waals surface area contributed by atoms with E-state index in [2.05, 4.69) is 0 Å². The Kier molecular flexibility index (Phi) is 4.34. The normalized spacial score (nSPS) is 13.9. The molecule has 0 bridgehead atoms. The molecule has 0 atom stereocenters. The van der Waals surface area contributed by atoms with Crippen LogP contribution in [0.2, 0.25) is 0 Å². The van der Waals surface area contributed by atoms with E-state index >= 15 is 0 Å². The average molecular weight is 376 g/mol. The number of hydrogen-bond acceptors (Lipinski definition) is 4. The van der Waals surface area contributed by atoms with Gasteiger partial charge in [0.25, 0.3) is 0 Å². The highest BCUT2D eigenvalue weighted by atomic mass is 16.4. The number of nitrogens with zero attached hydrogens (tertiary/aromatic N) is 2. The van der Waals surface area contributed by atoms with Crippen LogP contribution in [-0.4, -0.2) is 32.1 Å². The molecule has 0 radical (unpaired) electrons. The molecule has 1 aromatic heterocycles. The monoisotopic (exact) mass is 376 g/mol. The van der Waals surface area contributed by atoms with Crippen LogP contribution in [0.3, 0.4) is 0 Å². The Bertz CT molecular complexity index is 1090. The Hall–Kier alpha value is -3.28. The molecule has 0 amide bonds. The predicted octanol–water partition coefficient (Wildman–Crippen LogP) is 3.93. The van der Waals surface area contributed by atoms with Crippen LogP contribution in [0.1, 0.15) is 42.5 Å². The first-order valence-corrected chi connectivity index (χ1v) is 9.24. The third-order valence-electron chi connectivity index (χ3n) is 5.58. The molecular formula is C22H20N2O4. The first-order valence-electron chi connectivity index (χ1n) is 9.24. The molecule has 3 aromatic rings. The molecular weight excluding hydrogens is 356 g/mol. The molecule has 6 nitrogen and oxygen atoms in total. The molecule has 0 saturated heterocycles. The van der Waals surface area contributed by atoms with E-state index in [0.29, 0.717) is 5.69 Å². The van der Waals surface area contributed by atoms with Crippen LogP contribution < -0.4 is 0 Å². The van der Waals surface area contributed by atoms with Crippen molar-refractivity contribution < 1.29 is 19.8 Å². The van der Waals surface area contributed by atoms with Crippen LogP contribution in [0.15, 0.2) is 42.5 Å². The summed E-state index contributed by atoms with van der Waals surface area (Å²) in [5.41, 5.74) is 5.00. The molecule has 4 rings (SSSR count). The van der Waals surface area contributed by atoms with E-state index < -0.39 is 17.4 Å². The maximum absolute atomic E-state index is 11.4. The Morgan fingerprint density at radius 1 is 0.929 bits per heavy atom. The Balaban J connectivity index is 2.00. The molecule has 1 aliphatic rings. The topological polar surface area (TPSA) is 100 Å². The third kappa shape index (κ3) is 2.81. The second-order valence-corrected chi connectivity index (χ2v) is 7.28. The number of para-hydroxylation sites is 1. The lowest BCUT2D eigenvalue weighted by molar-refractivity contribution is -0.137. The van der Waals surface area contributed by atoms with Gasteiger partial charge in [0.2, 0.25) is 0 Å². The van der Waals surface area contributed by atoms with Gasteiger partial charge < -0.3 is 10.2 Å². The lowest BCUT2D eigenvalue weighted by Crippen LogP contribution is -2.28. The SMILES string of the molecule is Cc1cccc2nc3c(nc12)C(CCC(=O)O)(CCC(=O)O)c1ccccc1-3. The summed E-state index contributed by atoms with van der Waals surface area (Å²) in [6.07, 6.45) is 0.430. The second kappa shape index (κ2) is 6.71. The second-order valence-electron chi connectivity index (χ2n) is 7.28. The first kappa shape index (κ1) is 18.1. The highest BCUT2D eigenvalue weighted by Gasteiger charge is 2.45. The van der Waals surface area contributed by atoms with Crippen LogP contribution in [0, 0.1) is 6.92 Å². The van der Waals surface area contributed by atoms with Crippen LogP contribution >= 0.6 is 0 Å². The maximum Gasteiger partial charge on any atom is 0.303 e. The van der Waals surface area contributed by atoms with Gasteiger partial charge in [-0.15, -0.1) is 0 Å². The van der Waals surface area contributed by atoms with Crippen molar-refractivity contribution in [1.82, 2.24) is 9.97 Å². The molecule has 28 heavy (non-hydrogen) atoms. The highest BCUT2D eigenvalue weighted by Crippen LogP contribution is 2.52. The number of aliphatic carboxylic acids is 2. The number of aryl methyl sites for hydroxylation is 1. The molecule has 2 aromatic carbocycles. The van der Waals surface area contributed by atoms with Crippen molar-refractivity contribution in [3.8, 4) is 11.3 Å². The standard InChI is InChI=1S/C22H20N2O4/c1-13-5-4-8-16-19(13)24-21-20(23-16)14-6-2-3-7-15(14)22(21,11-9-17(25)26)12-10-18(27)28/h2-8H,9-12H2,1H3,(H,25,26)(H,27,28). The first-order chi connectivity index (χ1) is 13.4. The molecule has 0 fully saturated rings. The molecule has 2 N–H and O–H groups in total. The fourth-order valence-electron chi connectivity index (χ4n) is 4.25. The lowest BCUT2D eigenvalue weighted by Gasteiger charge is -2.30. The largest absolute Gasteiger partial charge is 0.481 e. The average Bonchev–Trinajstić information content (AvgIpc) is 2.94. The zero-order valence-corrected chi connectivity index (χ0v) is 15.5. The van der Waals surface area contributed by atoms with E-state index in [1.165, 1.54) is 0 Å². The predicted molar refractivity (Wildman–Crippen MR) is 104 cm³/mol. The van der Waals surface area contributed by atoms with Crippen molar-refractivity contribution in [1.29, 1.82) is 0 Å². The van der Waals surface area contributed by atoms with E-state index in [1.807, 2.05) is 49.4 Å². The number of carboxylic acid groups (broad SMARTS) is 2. The fourth-order valence-corrected chi connectivity index (χ4v) is 4.25. The van der Waals surface area contributed by atoms with Gasteiger partial charge in [0.15, 0.2) is 0 Å². The van der Waals surface area contributed by atoms with Gasteiger partial charge in [-0.1, -0.05) is 36.4 Å². The molecule has 0 unspecified atom stereocenters. The van der Waals surface area contributed by atoms with Crippen molar-refractivity contribution in [2.24, 2.45) is 0 Å². The van der Waals surface area contributed by atoms with Crippen LogP contribution in [0.5, 0.6) is 0 Å². The summed E-state index contributed by atoms with van der Waals surface area (Å²) in [6.45, 7) is 1.96. The lowest BCUT2D eigenvalue weighted by atomic mass is 9.73. The molecule has 1 heterocycles. The molecule has 0 spiro atoms. The van der Waals surface area contributed by atoms with Crippen molar-refractivity contribution in [3.63, 3.8) is 0 Å². The summed E-state index contributed by atoms with van der Waals surface area (Å²) in [7, 11) is 0. The Morgan fingerprint density at radius 3 is 2.29 bits per heavy atom. The molecule has 0 saturated carbocycles. The zero-order valence-electron chi connectivity index (χ0n) is 15.5. The van der Waals surface area contributed by atoms with Gasteiger partial charge in [-0.25, -0.2) is 9.97 Å². The number of benzene rings is 2. The third-order valence-corrected chi connectivity index (χ3v) is 5.58. The molecule has 6 heteroatoms. The molecule has 142 valence electrons. The van der Waals surface area contributed by atoms with Crippen molar-refractivity contribution in [3.05, 3.63) is 59.3 Å². The summed E-state index contributed by atoms with van der Waals surface area (Å²) in [5, 5.41) is 18.7. The van der Waals surface area contributed by atoms with Gasteiger partial charge in [0.1, 0.15) is 0 Å². The summed E-state index contributed by atoms with van der Waals surface area (Å²) < 4.78 is 0. The maximum atomic E-state index is 11.4. The summed E-state index contributed by atoms with van der Waals surface area (Å²) in [5.74, 6) is -1.82. The summed E-state index contributed by atoms with van der Waals surface area (Å²) >= 11 is 0. The smallest absolute Gasteiger partial charge is 0.303 e. The van der Waals surface area contributed by atoms with Crippen LogP contribution in [-0.2, 0) is 15.0 Å².